The SMILES string of the molecule is CCOC(=O)c1oc2ccccc2c1COC(=O)/C(=C/c1ccccc1)n1nnnc1C. The van der Waals surface area contributed by atoms with E-state index in [1.165, 1.54) is 4.68 Å². The summed E-state index contributed by atoms with van der Waals surface area (Å²) in [5.74, 6) is -0.853. The number of nitrogens with zero attached hydrogens (tertiary/aromatic N) is 4. The highest BCUT2D eigenvalue weighted by Crippen LogP contribution is 2.28. The minimum Gasteiger partial charge on any atom is -0.460 e. The van der Waals surface area contributed by atoms with Gasteiger partial charge in [0, 0.05) is 5.39 Å². The lowest BCUT2D eigenvalue weighted by atomic mass is 10.1. The van der Waals surface area contributed by atoms with Gasteiger partial charge in [-0.1, -0.05) is 48.5 Å². The largest absolute Gasteiger partial charge is 0.460 e. The van der Waals surface area contributed by atoms with Gasteiger partial charge in [-0.2, -0.15) is 4.68 Å². The van der Waals surface area contributed by atoms with Gasteiger partial charge in [0.25, 0.3) is 0 Å². The standard InChI is InChI=1S/C23H20N4O5/c1-3-30-23(29)21-18(17-11-7-8-12-20(17)32-21)14-31-22(28)19(27-15(2)24-25-26-27)13-16-9-5-4-6-10-16/h4-13H,3,14H2,1-2H3/b19-13-. The molecule has 4 aromatic rings. The first-order chi connectivity index (χ1) is 15.6. The van der Waals surface area contributed by atoms with Crippen LogP contribution in [0, 0.1) is 6.92 Å². The number of aromatic nitrogens is 4. The Morgan fingerprint density at radius 2 is 1.81 bits per heavy atom. The molecule has 2 aromatic carbocycles. The van der Waals surface area contributed by atoms with Crippen molar-refractivity contribution in [1.29, 1.82) is 0 Å². The average molecular weight is 432 g/mol. The highest BCUT2D eigenvalue weighted by molar-refractivity contribution is 6.15. The number of carbonyl (C=O) groups is 2. The highest BCUT2D eigenvalue weighted by atomic mass is 16.5. The van der Waals surface area contributed by atoms with Crippen LogP contribution in [0.25, 0.3) is 22.7 Å². The summed E-state index contributed by atoms with van der Waals surface area (Å²) in [5.41, 5.74) is 1.83. The summed E-state index contributed by atoms with van der Waals surface area (Å²) in [6.45, 7) is 3.37. The number of benzene rings is 2. The number of para-hydroxylation sites is 1. The van der Waals surface area contributed by atoms with Crippen LogP contribution in [0.15, 0.2) is 59.0 Å². The predicted molar refractivity (Wildman–Crippen MR) is 115 cm³/mol. The van der Waals surface area contributed by atoms with Gasteiger partial charge in [-0.05, 0) is 42.0 Å². The molecule has 4 rings (SSSR count). The van der Waals surface area contributed by atoms with Crippen LogP contribution in [-0.2, 0) is 20.9 Å². The molecule has 162 valence electrons. The summed E-state index contributed by atoms with van der Waals surface area (Å²) in [5, 5.41) is 12.0. The quantitative estimate of drug-likeness (QED) is 0.322. The van der Waals surface area contributed by atoms with Crippen LogP contribution in [0.1, 0.15) is 34.4 Å². The minimum absolute atomic E-state index is 0.00745. The van der Waals surface area contributed by atoms with Crippen LogP contribution in [0.2, 0.25) is 0 Å². The van der Waals surface area contributed by atoms with Crippen LogP contribution in [0.3, 0.4) is 0 Å². The first kappa shape index (κ1) is 21.0. The monoisotopic (exact) mass is 432 g/mol. The van der Waals surface area contributed by atoms with Gasteiger partial charge in [-0.25, -0.2) is 9.59 Å². The fourth-order valence-corrected chi connectivity index (χ4v) is 3.18. The summed E-state index contributed by atoms with van der Waals surface area (Å²) < 4.78 is 17.7. The third-order valence-electron chi connectivity index (χ3n) is 4.67. The van der Waals surface area contributed by atoms with E-state index in [2.05, 4.69) is 15.5 Å². The van der Waals surface area contributed by atoms with Crippen LogP contribution in [0.4, 0.5) is 0 Å². The highest BCUT2D eigenvalue weighted by Gasteiger charge is 2.24. The zero-order chi connectivity index (χ0) is 22.5. The summed E-state index contributed by atoms with van der Waals surface area (Å²) >= 11 is 0. The lowest BCUT2D eigenvalue weighted by molar-refractivity contribution is -0.138. The number of carbonyl (C=O) groups excluding carboxylic acids is 2. The molecule has 0 N–H and O–H groups in total. The Labute approximate surface area is 183 Å². The molecule has 0 bridgehead atoms. The summed E-state index contributed by atoms with van der Waals surface area (Å²) in [7, 11) is 0. The van der Waals surface area contributed by atoms with E-state index in [4.69, 9.17) is 13.9 Å². The van der Waals surface area contributed by atoms with E-state index in [9.17, 15) is 9.59 Å². The molecule has 2 aromatic heterocycles. The molecular weight excluding hydrogens is 412 g/mol. The molecule has 0 amide bonds. The Balaban J connectivity index is 1.66. The first-order valence-electron chi connectivity index (χ1n) is 9.95. The van der Waals surface area contributed by atoms with Gasteiger partial charge in [0.15, 0.2) is 11.5 Å². The zero-order valence-corrected chi connectivity index (χ0v) is 17.5. The lowest BCUT2D eigenvalue weighted by Crippen LogP contribution is -2.16. The van der Waals surface area contributed by atoms with Crippen molar-refractivity contribution in [2.24, 2.45) is 0 Å². The molecular formula is C23H20N4O5. The molecule has 0 aliphatic rings. The molecule has 0 radical (unpaired) electrons. The fourth-order valence-electron chi connectivity index (χ4n) is 3.18. The Bertz CT molecular complexity index is 1290. The third-order valence-corrected chi connectivity index (χ3v) is 4.67. The number of fused-ring (bicyclic) bond motifs is 1. The van der Waals surface area contributed by atoms with Crippen molar-refractivity contribution in [3.63, 3.8) is 0 Å². The molecule has 0 unspecified atom stereocenters. The van der Waals surface area contributed by atoms with Crippen LogP contribution in [0.5, 0.6) is 0 Å². The van der Waals surface area contributed by atoms with E-state index < -0.39 is 11.9 Å². The number of hydrogen-bond donors (Lipinski definition) is 0. The van der Waals surface area contributed by atoms with Crippen molar-refractivity contribution in [1.82, 2.24) is 20.2 Å². The number of tetrazole rings is 1. The van der Waals surface area contributed by atoms with Gasteiger partial charge >= 0.3 is 11.9 Å². The van der Waals surface area contributed by atoms with Crippen molar-refractivity contribution in [2.75, 3.05) is 6.61 Å². The molecule has 0 atom stereocenters. The van der Waals surface area contributed by atoms with Crippen molar-refractivity contribution in [2.45, 2.75) is 20.5 Å². The smallest absolute Gasteiger partial charge is 0.374 e. The Kier molecular flexibility index (Phi) is 6.07. The van der Waals surface area contributed by atoms with Crippen LogP contribution < -0.4 is 0 Å². The summed E-state index contributed by atoms with van der Waals surface area (Å²) in [6.07, 6.45) is 1.63. The molecule has 9 nitrogen and oxygen atoms in total. The first-order valence-corrected chi connectivity index (χ1v) is 9.95. The molecule has 0 aliphatic carbocycles. The minimum atomic E-state index is -0.663. The van der Waals surface area contributed by atoms with E-state index in [0.29, 0.717) is 22.4 Å². The van der Waals surface area contributed by atoms with Gasteiger partial charge in [0.2, 0.25) is 5.76 Å². The van der Waals surface area contributed by atoms with E-state index >= 15 is 0 Å². The maximum absolute atomic E-state index is 13.1. The van der Waals surface area contributed by atoms with Gasteiger partial charge < -0.3 is 13.9 Å². The van der Waals surface area contributed by atoms with E-state index in [1.54, 1.807) is 38.1 Å². The van der Waals surface area contributed by atoms with Crippen molar-refractivity contribution >= 4 is 34.7 Å². The molecule has 9 heteroatoms. The number of esters is 2. The molecule has 0 fully saturated rings. The van der Waals surface area contributed by atoms with Crippen LogP contribution >= 0.6 is 0 Å². The molecule has 32 heavy (non-hydrogen) atoms. The molecule has 0 aliphatic heterocycles. The number of ether oxygens (including phenoxy) is 2. The van der Waals surface area contributed by atoms with Gasteiger partial charge in [-0.15, -0.1) is 5.10 Å². The van der Waals surface area contributed by atoms with Gasteiger partial charge in [-0.3, -0.25) is 0 Å². The molecule has 0 spiro atoms. The normalized spacial score (nSPS) is 11.5. The van der Waals surface area contributed by atoms with Crippen LogP contribution in [-0.4, -0.2) is 38.8 Å². The summed E-state index contributed by atoms with van der Waals surface area (Å²) in [6, 6.07) is 16.4. The van der Waals surface area contributed by atoms with E-state index in [-0.39, 0.29) is 24.7 Å². The maximum atomic E-state index is 13.1. The second-order valence-corrected chi connectivity index (χ2v) is 6.78. The topological polar surface area (TPSA) is 109 Å². The number of aryl methyl sites for hydroxylation is 1. The zero-order valence-electron chi connectivity index (χ0n) is 17.5. The second-order valence-electron chi connectivity index (χ2n) is 6.78. The number of hydrogen-bond acceptors (Lipinski definition) is 8. The van der Waals surface area contributed by atoms with Crippen molar-refractivity contribution in [3.05, 3.63) is 77.3 Å². The predicted octanol–water partition coefficient (Wildman–Crippen LogP) is 3.65. The molecule has 0 saturated carbocycles. The summed E-state index contributed by atoms with van der Waals surface area (Å²) in [4.78, 5) is 25.5. The maximum Gasteiger partial charge on any atom is 0.374 e. The Hall–Kier alpha value is -4.27. The average Bonchev–Trinajstić information content (AvgIpc) is 3.40. The number of rotatable bonds is 7. The lowest BCUT2D eigenvalue weighted by Gasteiger charge is -2.09. The second kappa shape index (κ2) is 9.25. The Morgan fingerprint density at radius 1 is 1.06 bits per heavy atom. The van der Waals surface area contributed by atoms with E-state index in [1.807, 2.05) is 36.4 Å². The molecule has 0 saturated heterocycles. The Morgan fingerprint density at radius 3 is 2.53 bits per heavy atom. The fraction of sp³-hybridized carbons (Fsp3) is 0.174. The van der Waals surface area contributed by atoms with Crippen molar-refractivity contribution < 1.29 is 23.5 Å². The van der Waals surface area contributed by atoms with Crippen molar-refractivity contribution in [3.8, 4) is 0 Å². The third kappa shape index (κ3) is 4.27. The van der Waals surface area contributed by atoms with Gasteiger partial charge in [0.05, 0.1) is 12.2 Å². The van der Waals surface area contributed by atoms with Gasteiger partial charge in [0.1, 0.15) is 12.2 Å². The number of furan rings is 1. The molecule has 2 heterocycles. The van der Waals surface area contributed by atoms with E-state index in [0.717, 1.165) is 5.56 Å².